The average Bonchev–Trinajstić information content (AvgIpc) is 2.47. The molecule has 2 rings (SSSR count). The Bertz CT molecular complexity index is 632. The number of rotatable bonds is 3. The third-order valence-electron chi connectivity index (χ3n) is 2.60. The van der Waals surface area contributed by atoms with Gasteiger partial charge in [0.1, 0.15) is 4.49 Å². The third kappa shape index (κ3) is 3.76. The second-order valence-corrected chi connectivity index (χ2v) is 5.30. The predicted octanol–water partition coefficient (Wildman–Crippen LogP) is 5.28. The van der Waals surface area contributed by atoms with Gasteiger partial charge in [-0.25, -0.2) is 0 Å². The van der Waals surface area contributed by atoms with E-state index in [0.717, 1.165) is 5.69 Å². The van der Waals surface area contributed by atoms with E-state index in [9.17, 15) is 4.79 Å². The normalized spacial score (nSPS) is 9.95. The summed E-state index contributed by atoms with van der Waals surface area (Å²) in [5, 5.41) is 3.05. The molecule has 5 heteroatoms. The minimum atomic E-state index is -0.195. The maximum absolute atomic E-state index is 12.0. The highest BCUT2D eigenvalue weighted by atomic mass is 35.5. The summed E-state index contributed by atoms with van der Waals surface area (Å²) in [6, 6.07) is 15.9. The quantitative estimate of drug-likeness (QED) is 0.816. The van der Waals surface area contributed by atoms with Gasteiger partial charge in [-0.2, -0.15) is 0 Å². The summed E-state index contributed by atoms with van der Waals surface area (Å²) >= 11 is 17.1. The fourth-order valence-corrected chi connectivity index (χ4v) is 1.95. The van der Waals surface area contributed by atoms with E-state index in [1.807, 2.05) is 30.3 Å². The molecule has 20 heavy (non-hydrogen) atoms. The molecule has 102 valence electrons. The Morgan fingerprint density at radius 3 is 1.90 bits per heavy atom. The van der Waals surface area contributed by atoms with Crippen molar-refractivity contribution >= 4 is 51.4 Å². The summed E-state index contributed by atoms with van der Waals surface area (Å²) in [6.45, 7) is 0. The Kier molecular flexibility index (Phi) is 5.07. The van der Waals surface area contributed by atoms with Crippen LogP contribution in [0.2, 0.25) is 0 Å². The van der Waals surface area contributed by atoms with E-state index in [1.54, 1.807) is 24.3 Å². The van der Waals surface area contributed by atoms with Crippen molar-refractivity contribution in [2.45, 2.75) is 0 Å². The monoisotopic (exact) mass is 325 g/mol. The first-order chi connectivity index (χ1) is 9.58. The number of anilines is 1. The molecule has 0 saturated heterocycles. The largest absolute Gasteiger partial charge is 0.322 e. The molecule has 0 unspecified atom stereocenters. The third-order valence-corrected chi connectivity index (χ3v) is 3.58. The number of nitrogens with one attached hydrogen (secondary N) is 1. The van der Waals surface area contributed by atoms with Gasteiger partial charge in [0, 0.05) is 11.3 Å². The molecule has 2 aromatic rings. The molecule has 0 spiro atoms. The van der Waals surface area contributed by atoms with Crippen LogP contribution in [0.3, 0.4) is 0 Å². The highest BCUT2D eigenvalue weighted by Gasteiger charge is 2.08. The van der Waals surface area contributed by atoms with Crippen molar-refractivity contribution in [3.8, 4) is 0 Å². The van der Waals surface area contributed by atoms with Crippen LogP contribution in [0.4, 0.5) is 5.69 Å². The SMILES string of the molecule is O=C(Nc1ccccc1)c1ccc(C(Cl)=C(Cl)Cl)cc1. The lowest BCUT2D eigenvalue weighted by molar-refractivity contribution is 0.102. The van der Waals surface area contributed by atoms with E-state index in [0.29, 0.717) is 11.1 Å². The van der Waals surface area contributed by atoms with Gasteiger partial charge in [0.25, 0.3) is 5.91 Å². The average molecular weight is 327 g/mol. The predicted molar refractivity (Wildman–Crippen MR) is 85.3 cm³/mol. The molecule has 0 radical (unpaired) electrons. The molecule has 0 atom stereocenters. The molecular formula is C15H10Cl3NO. The summed E-state index contributed by atoms with van der Waals surface area (Å²) in [6.07, 6.45) is 0. The van der Waals surface area contributed by atoms with E-state index >= 15 is 0 Å². The molecule has 0 bridgehead atoms. The van der Waals surface area contributed by atoms with Crippen LogP contribution in [0.25, 0.3) is 5.03 Å². The molecule has 1 N–H and O–H groups in total. The number of carbonyl (C=O) groups is 1. The molecule has 0 aliphatic rings. The van der Waals surface area contributed by atoms with Gasteiger partial charge in [-0.1, -0.05) is 65.1 Å². The van der Waals surface area contributed by atoms with Crippen molar-refractivity contribution in [1.82, 2.24) is 0 Å². The Hall–Kier alpha value is -1.48. The van der Waals surface area contributed by atoms with Gasteiger partial charge < -0.3 is 5.32 Å². The lowest BCUT2D eigenvalue weighted by atomic mass is 10.1. The van der Waals surface area contributed by atoms with Gasteiger partial charge in [0.2, 0.25) is 0 Å². The number of hydrogen-bond donors (Lipinski definition) is 1. The summed E-state index contributed by atoms with van der Waals surface area (Å²) < 4.78 is -0.00634. The fraction of sp³-hybridized carbons (Fsp3) is 0. The van der Waals surface area contributed by atoms with E-state index in [2.05, 4.69) is 5.32 Å². The van der Waals surface area contributed by atoms with Gasteiger partial charge in [0.15, 0.2) is 0 Å². The van der Waals surface area contributed by atoms with Gasteiger partial charge in [-0.3, -0.25) is 4.79 Å². The van der Waals surface area contributed by atoms with Gasteiger partial charge in [0.05, 0.1) is 5.03 Å². The van der Waals surface area contributed by atoms with Crippen molar-refractivity contribution < 1.29 is 4.79 Å². The minimum absolute atomic E-state index is 0.00634. The molecule has 0 aliphatic carbocycles. The van der Waals surface area contributed by atoms with Crippen LogP contribution in [0.5, 0.6) is 0 Å². The van der Waals surface area contributed by atoms with E-state index < -0.39 is 0 Å². The lowest BCUT2D eigenvalue weighted by Crippen LogP contribution is -2.11. The van der Waals surface area contributed by atoms with Crippen molar-refractivity contribution in [1.29, 1.82) is 0 Å². The van der Waals surface area contributed by atoms with Crippen LogP contribution in [0.1, 0.15) is 15.9 Å². The van der Waals surface area contributed by atoms with Crippen molar-refractivity contribution in [3.63, 3.8) is 0 Å². The Morgan fingerprint density at radius 1 is 0.800 bits per heavy atom. The van der Waals surface area contributed by atoms with E-state index in [4.69, 9.17) is 34.8 Å². The summed E-state index contributed by atoms with van der Waals surface area (Å²) in [5.74, 6) is -0.195. The number of amides is 1. The molecule has 0 heterocycles. The minimum Gasteiger partial charge on any atom is -0.322 e. The van der Waals surface area contributed by atoms with Crippen LogP contribution >= 0.6 is 34.8 Å². The van der Waals surface area contributed by atoms with Crippen molar-refractivity contribution in [3.05, 3.63) is 70.2 Å². The molecule has 2 aromatic carbocycles. The lowest BCUT2D eigenvalue weighted by Gasteiger charge is -2.06. The first-order valence-electron chi connectivity index (χ1n) is 5.75. The number of hydrogen-bond acceptors (Lipinski definition) is 1. The maximum atomic E-state index is 12.0. The number of benzene rings is 2. The van der Waals surface area contributed by atoms with Crippen LogP contribution < -0.4 is 5.32 Å². The van der Waals surface area contributed by atoms with Crippen molar-refractivity contribution in [2.24, 2.45) is 0 Å². The van der Waals surface area contributed by atoms with Crippen LogP contribution in [0.15, 0.2) is 59.1 Å². The molecule has 0 aliphatic heterocycles. The van der Waals surface area contributed by atoms with Crippen LogP contribution in [-0.2, 0) is 0 Å². The summed E-state index contributed by atoms with van der Waals surface area (Å²) in [7, 11) is 0. The second-order valence-electron chi connectivity index (χ2n) is 3.97. The Labute approximate surface area is 132 Å². The van der Waals surface area contributed by atoms with Gasteiger partial charge in [-0.15, -0.1) is 0 Å². The molecule has 1 amide bonds. The molecule has 0 saturated carbocycles. The zero-order chi connectivity index (χ0) is 14.5. The number of halogens is 3. The topological polar surface area (TPSA) is 29.1 Å². The highest BCUT2D eigenvalue weighted by Crippen LogP contribution is 2.28. The fourth-order valence-electron chi connectivity index (χ4n) is 1.60. The van der Waals surface area contributed by atoms with E-state index in [-0.39, 0.29) is 15.4 Å². The summed E-state index contributed by atoms with van der Waals surface area (Å²) in [4.78, 5) is 12.0. The molecule has 0 aromatic heterocycles. The standard InChI is InChI=1S/C15H10Cl3NO/c16-13(14(17)18)10-6-8-11(9-7-10)15(20)19-12-4-2-1-3-5-12/h1-9H,(H,19,20). The highest BCUT2D eigenvalue weighted by molar-refractivity contribution is 6.66. The van der Waals surface area contributed by atoms with Crippen molar-refractivity contribution in [2.75, 3.05) is 5.32 Å². The van der Waals surface area contributed by atoms with Gasteiger partial charge >= 0.3 is 0 Å². The zero-order valence-corrected chi connectivity index (χ0v) is 12.5. The van der Waals surface area contributed by atoms with Crippen LogP contribution in [0, 0.1) is 0 Å². The smallest absolute Gasteiger partial charge is 0.255 e. The second kappa shape index (κ2) is 6.80. The Balaban J connectivity index is 2.14. The number of carbonyl (C=O) groups excluding carboxylic acids is 1. The Morgan fingerprint density at radius 2 is 1.35 bits per heavy atom. The van der Waals surface area contributed by atoms with Crippen LogP contribution in [-0.4, -0.2) is 5.91 Å². The van der Waals surface area contributed by atoms with E-state index in [1.165, 1.54) is 0 Å². The summed E-state index contributed by atoms with van der Waals surface area (Å²) in [5.41, 5.74) is 1.92. The molecule has 0 fully saturated rings. The first kappa shape index (κ1) is 14.9. The number of para-hydroxylation sites is 1. The molecule has 2 nitrogen and oxygen atoms in total. The zero-order valence-electron chi connectivity index (χ0n) is 10.2. The molecular weight excluding hydrogens is 317 g/mol. The maximum Gasteiger partial charge on any atom is 0.255 e. The van der Waals surface area contributed by atoms with Gasteiger partial charge in [-0.05, 0) is 29.8 Å². The first-order valence-corrected chi connectivity index (χ1v) is 6.89.